The molecule has 0 aliphatic rings. The van der Waals surface area contributed by atoms with Crippen molar-refractivity contribution in [3.8, 4) is 11.5 Å². The molecule has 0 atom stereocenters. The zero-order valence-corrected chi connectivity index (χ0v) is 12.0. The van der Waals surface area contributed by atoms with Crippen LogP contribution >= 0.6 is 0 Å². The Morgan fingerprint density at radius 2 is 1.96 bits per heavy atom. The molecule has 0 saturated carbocycles. The second-order valence-electron chi connectivity index (χ2n) is 4.70. The lowest BCUT2D eigenvalue weighted by Gasteiger charge is -2.04. The molecule has 0 fully saturated rings. The third-order valence-corrected chi connectivity index (χ3v) is 3.13. The number of nitro groups is 1. The van der Waals surface area contributed by atoms with Crippen molar-refractivity contribution >= 4 is 23.4 Å². The average Bonchev–Trinajstić information content (AvgIpc) is 3.04. The number of carboxylic acids is 1. The number of hydrogen-bond acceptors (Lipinski definition) is 7. The quantitative estimate of drug-likeness (QED) is 0.540. The van der Waals surface area contributed by atoms with Crippen molar-refractivity contribution in [3.63, 3.8) is 0 Å². The van der Waals surface area contributed by atoms with E-state index in [9.17, 15) is 14.9 Å². The van der Waals surface area contributed by atoms with Gasteiger partial charge in [-0.25, -0.2) is 4.79 Å². The standard InChI is InChI=1S/C15H10N4O5/c20-14(21)11-6-1-2-7-12(11)16-15-18-17-13(24-15)9-4-3-5-10(8-9)19(22)23/h1-8H,(H,16,18)(H,20,21). The second kappa shape index (κ2) is 6.16. The van der Waals surface area contributed by atoms with E-state index in [-0.39, 0.29) is 23.2 Å². The number of para-hydroxylation sites is 1. The molecular formula is C15H10N4O5. The van der Waals surface area contributed by atoms with Gasteiger partial charge in [0, 0.05) is 17.7 Å². The molecular weight excluding hydrogens is 316 g/mol. The monoisotopic (exact) mass is 326 g/mol. The molecule has 2 aromatic carbocycles. The van der Waals surface area contributed by atoms with Crippen LogP contribution in [0.15, 0.2) is 52.9 Å². The predicted octanol–water partition coefficient (Wildman–Crippen LogP) is 3.09. The van der Waals surface area contributed by atoms with E-state index in [4.69, 9.17) is 9.52 Å². The van der Waals surface area contributed by atoms with Gasteiger partial charge in [-0.3, -0.25) is 10.1 Å². The van der Waals surface area contributed by atoms with E-state index in [2.05, 4.69) is 15.5 Å². The molecule has 0 aliphatic carbocycles. The number of aromatic carboxylic acids is 1. The molecule has 0 aliphatic heterocycles. The van der Waals surface area contributed by atoms with Gasteiger partial charge in [-0.2, -0.15) is 0 Å². The number of hydrogen-bond donors (Lipinski definition) is 2. The molecule has 0 radical (unpaired) electrons. The number of non-ortho nitro benzene ring substituents is 1. The highest BCUT2D eigenvalue weighted by Gasteiger charge is 2.15. The highest BCUT2D eigenvalue weighted by molar-refractivity contribution is 5.94. The Kier molecular flexibility index (Phi) is 3.89. The van der Waals surface area contributed by atoms with Crippen molar-refractivity contribution in [1.29, 1.82) is 0 Å². The fourth-order valence-electron chi connectivity index (χ4n) is 2.04. The maximum absolute atomic E-state index is 11.2. The number of anilines is 2. The molecule has 0 bridgehead atoms. The van der Waals surface area contributed by atoms with Crippen LogP contribution in [0.5, 0.6) is 0 Å². The van der Waals surface area contributed by atoms with Crippen molar-refractivity contribution in [2.24, 2.45) is 0 Å². The van der Waals surface area contributed by atoms with Gasteiger partial charge in [0.1, 0.15) is 0 Å². The molecule has 1 heterocycles. The van der Waals surface area contributed by atoms with Gasteiger partial charge in [0.05, 0.1) is 16.2 Å². The van der Waals surface area contributed by atoms with E-state index in [0.29, 0.717) is 11.3 Å². The summed E-state index contributed by atoms with van der Waals surface area (Å²) in [4.78, 5) is 21.4. The fraction of sp³-hybridized carbons (Fsp3) is 0. The van der Waals surface area contributed by atoms with Gasteiger partial charge in [-0.1, -0.05) is 23.3 Å². The summed E-state index contributed by atoms with van der Waals surface area (Å²) in [5.74, 6) is -1.02. The Balaban J connectivity index is 1.88. The molecule has 0 saturated heterocycles. The zero-order valence-electron chi connectivity index (χ0n) is 12.0. The van der Waals surface area contributed by atoms with Crippen LogP contribution in [-0.4, -0.2) is 26.2 Å². The van der Waals surface area contributed by atoms with Gasteiger partial charge >= 0.3 is 12.0 Å². The third-order valence-electron chi connectivity index (χ3n) is 3.13. The molecule has 9 nitrogen and oxygen atoms in total. The van der Waals surface area contributed by atoms with Crippen molar-refractivity contribution in [2.75, 3.05) is 5.32 Å². The molecule has 3 rings (SSSR count). The summed E-state index contributed by atoms with van der Waals surface area (Å²) in [5.41, 5.74) is 0.625. The van der Waals surface area contributed by atoms with E-state index in [0.717, 1.165) is 0 Å². The lowest BCUT2D eigenvalue weighted by Crippen LogP contribution is -2.02. The highest BCUT2D eigenvalue weighted by Crippen LogP contribution is 2.26. The van der Waals surface area contributed by atoms with E-state index < -0.39 is 10.9 Å². The van der Waals surface area contributed by atoms with Gasteiger partial charge in [-0.15, -0.1) is 5.10 Å². The van der Waals surface area contributed by atoms with Crippen LogP contribution in [-0.2, 0) is 0 Å². The summed E-state index contributed by atoms with van der Waals surface area (Å²) in [6.07, 6.45) is 0. The Morgan fingerprint density at radius 1 is 1.17 bits per heavy atom. The van der Waals surface area contributed by atoms with Crippen molar-refractivity contribution in [2.45, 2.75) is 0 Å². The van der Waals surface area contributed by atoms with Crippen LogP contribution < -0.4 is 5.32 Å². The summed E-state index contributed by atoms with van der Waals surface area (Å²) in [5, 5.41) is 30.2. The normalized spacial score (nSPS) is 10.3. The van der Waals surface area contributed by atoms with Gasteiger partial charge in [0.25, 0.3) is 5.69 Å². The van der Waals surface area contributed by atoms with Crippen LogP contribution in [0.2, 0.25) is 0 Å². The number of nitro benzene ring substituents is 1. The number of rotatable bonds is 5. The summed E-state index contributed by atoms with van der Waals surface area (Å²) < 4.78 is 5.39. The smallest absolute Gasteiger partial charge is 0.337 e. The molecule has 120 valence electrons. The maximum Gasteiger partial charge on any atom is 0.337 e. The topological polar surface area (TPSA) is 131 Å². The van der Waals surface area contributed by atoms with Crippen LogP contribution in [0.4, 0.5) is 17.4 Å². The Morgan fingerprint density at radius 3 is 2.71 bits per heavy atom. The lowest BCUT2D eigenvalue weighted by atomic mass is 10.2. The van der Waals surface area contributed by atoms with Crippen molar-refractivity contribution < 1.29 is 19.2 Å². The maximum atomic E-state index is 11.2. The highest BCUT2D eigenvalue weighted by atomic mass is 16.6. The van der Waals surface area contributed by atoms with E-state index in [1.807, 2.05) is 0 Å². The molecule has 1 aromatic heterocycles. The van der Waals surface area contributed by atoms with Crippen LogP contribution in [0, 0.1) is 10.1 Å². The van der Waals surface area contributed by atoms with E-state index >= 15 is 0 Å². The minimum Gasteiger partial charge on any atom is -0.478 e. The first kappa shape index (κ1) is 15.2. The fourth-order valence-corrected chi connectivity index (χ4v) is 2.04. The van der Waals surface area contributed by atoms with Gasteiger partial charge in [-0.05, 0) is 18.2 Å². The third kappa shape index (κ3) is 3.04. The first-order chi connectivity index (χ1) is 11.5. The Labute approximate surface area is 134 Å². The Hall–Kier alpha value is -3.75. The van der Waals surface area contributed by atoms with Gasteiger partial charge in [0.15, 0.2) is 0 Å². The number of carboxylic acid groups (broad SMARTS) is 1. The minimum absolute atomic E-state index is 0.0230. The zero-order chi connectivity index (χ0) is 17.1. The number of aromatic nitrogens is 2. The van der Waals surface area contributed by atoms with Crippen LogP contribution in [0.1, 0.15) is 10.4 Å². The van der Waals surface area contributed by atoms with Crippen LogP contribution in [0.3, 0.4) is 0 Å². The van der Waals surface area contributed by atoms with E-state index in [1.165, 1.54) is 24.3 Å². The Bertz CT molecular complexity index is 921. The molecule has 3 aromatic rings. The first-order valence-corrected chi connectivity index (χ1v) is 6.72. The minimum atomic E-state index is -1.10. The molecule has 2 N–H and O–H groups in total. The molecule has 9 heteroatoms. The SMILES string of the molecule is O=C(O)c1ccccc1Nc1nnc(-c2cccc([N+](=O)[O-])c2)o1. The average molecular weight is 326 g/mol. The molecule has 0 spiro atoms. The summed E-state index contributed by atoms with van der Waals surface area (Å²) in [7, 11) is 0. The summed E-state index contributed by atoms with van der Waals surface area (Å²) in [6.45, 7) is 0. The summed E-state index contributed by atoms with van der Waals surface area (Å²) >= 11 is 0. The second-order valence-corrected chi connectivity index (χ2v) is 4.70. The number of nitrogens with zero attached hydrogens (tertiary/aromatic N) is 3. The van der Waals surface area contributed by atoms with E-state index in [1.54, 1.807) is 24.3 Å². The van der Waals surface area contributed by atoms with Gasteiger partial charge < -0.3 is 14.8 Å². The molecule has 0 unspecified atom stereocenters. The molecule has 0 amide bonds. The van der Waals surface area contributed by atoms with Gasteiger partial charge in [0.2, 0.25) is 5.89 Å². The first-order valence-electron chi connectivity index (χ1n) is 6.72. The summed E-state index contributed by atoms with van der Waals surface area (Å²) in [6, 6.07) is 12.0. The molecule has 24 heavy (non-hydrogen) atoms. The number of benzene rings is 2. The van der Waals surface area contributed by atoms with Crippen molar-refractivity contribution in [3.05, 3.63) is 64.2 Å². The number of nitrogens with one attached hydrogen (secondary N) is 1. The number of carbonyl (C=O) groups is 1. The van der Waals surface area contributed by atoms with Crippen LogP contribution in [0.25, 0.3) is 11.5 Å². The lowest BCUT2D eigenvalue weighted by molar-refractivity contribution is -0.384. The predicted molar refractivity (Wildman–Crippen MR) is 83.1 cm³/mol. The van der Waals surface area contributed by atoms with Crippen molar-refractivity contribution in [1.82, 2.24) is 10.2 Å². The largest absolute Gasteiger partial charge is 0.478 e.